The first kappa shape index (κ1) is 20.7. The van der Waals surface area contributed by atoms with E-state index in [9.17, 15) is 18.0 Å². The van der Waals surface area contributed by atoms with Gasteiger partial charge in [-0.1, -0.05) is 41.7 Å². The van der Waals surface area contributed by atoms with E-state index in [4.69, 9.17) is 0 Å². The molecule has 2 aromatic carbocycles. The van der Waals surface area contributed by atoms with Crippen LogP contribution in [0, 0.1) is 6.92 Å². The van der Waals surface area contributed by atoms with Crippen LogP contribution in [0.3, 0.4) is 0 Å². The predicted molar refractivity (Wildman–Crippen MR) is 112 cm³/mol. The minimum absolute atomic E-state index is 0.136. The lowest BCUT2D eigenvalue weighted by molar-refractivity contribution is 0.0953. The number of thiazole rings is 1. The quantitative estimate of drug-likeness (QED) is 0.627. The highest BCUT2D eigenvalue weighted by atomic mass is 32.2. The van der Waals surface area contributed by atoms with Gasteiger partial charge >= 0.3 is 0 Å². The van der Waals surface area contributed by atoms with E-state index in [1.165, 1.54) is 24.3 Å². The van der Waals surface area contributed by atoms with Gasteiger partial charge in [-0.3, -0.25) is 14.9 Å². The summed E-state index contributed by atoms with van der Waals surface area (Å²) in [6.07, 6.45) is 1.10. The number of carbonyl (C=O) groups is 2. The van der Waals surface area contributed by atoms with Gasteiger partial charge in [0.15, 0.2) is 15.0 Å². The SMILES string of the molecule is Cc1nc(NC(=O)c2ccc(S(C)(=O)=O)cc2)sc1C(=O)NCc1ccccc1. The number of benzene rings is 2. The molecule has 0 aliphatic carbocycles. The molecule has 0 spiro atoms. The summed E-state index contributed by atoms with van der Waals surface area (Å²) in [5.74, 6) is -0.697. The predicted octanol–water partition coefficient (Wildman–Crippen LogP) is 3.04. The Morgan fingerprint density at radius 1 is 1.00 bits per heavy atom. The number of nitrogens with one attached hydrogen (secondary N) is 2. The molecular formula is C20H19N3O4S2. The first-order chi connectivity index (χ1) is 13.7. The van der Waals surface area contributed by atoms with Gasteiger partial charge in [0.05, 0.1) is 10.6 Å². The summed E-state index contributed by atoms with van der Waals surface area (Å²) in [5.41, 5.74) is 1.79. The maximum absolute atomic E-state index is 12.4. The molecule has 0 fully saturated rings. The number of hydrogen-bond donors (Lipinski definition) is 2. The Bertz CT molecular complexity index is 1140. The number of hydrogen-bond acceptors (Lipinski definition) is 6. The van der Waals surface area contributed by atoms with Crippen molar-refractivity contribution in [1.29, 1.82) is 0 Å². The zero-order valence-corrected chi connectivity index (χ0v) is 17.4. The Morgan fingerprint density at radius 3 is 2.28 bits per heavy atom. The molecule has 0 unspecified atom stereocenters. The number of sulfone groups is 1. The third kappa shape index (κ3) is 5.27. The van der Waals surface area contributed by atoms with Crippen LogP contribution in [0.4, 0.5) is 5.13 Å². The summed E-state index contributed by atoms with van der Waals surface area (Å²) in [5, 5.41) is 5.78. The fourth-order valence-electron chi connectivity index (χ4n) is 2.54. The monoisotopic (exact) mass is 429 g/mol. The number of aryl methyl sites for hydroxylation is 1. The van der Waals surface area contributed by atoms with Crippen molar-refractivity contribution in [3.8, 4) is 0 Å². The molecule has 0 aliphatic heterocycles. The molecule has 9 heteroatoms. The van der Waals surface area contributed by atoms with Crippen molar-refractivity contribution >= 4 is 38.1 Å². The van der Waals surface area contributed by atoms with Crippen molar-refractivity contribution in [2.75, 3.05) is 11.6 Å². The topological polar surface area (TPSA) is 105 Å². The van der Waals surface area contributed by atoms with Crippen molar-refractivity contribution in [2.45, 2.75) is 18.4 Å². The largest absolute Gasteiger partial charge is 0.347 e. The number of aromatic nitrogens is 1. The first-order valence-corrected chi connectivity index (χ1v) is 11.4. The van der Waals surface area contributed by atoms with E-state index in [-0.39, 0.29) is 10.8 Å². The van der Waals surface area contributed by atoms with Gasteiger partial charge in [0, 0.05) is 18.4 Å². The molecular weight excluding hydrogens is 410 g/mol. The highest BCUT2D eigenvalue weighted by Gasteiger charge is 2.17. The van der Waals surface area contributed by atoms with Crippen LogP contribution in [0.25, 0.3) is 0 Å². The lowest BCUT2D eigenvalue weighted by atomic mass is 10.2. The minimum atomic E-state index is -3.33. The molecule has 0 saturated carbocycles. The molecule has 0 bridgehead atoms. The molecule has 0 atom stereocenters. The second-order valence-corrected chi connectivity index (χ2v) is 9.37. The average molecular weight is 430 g/mol. The second-order valence-electron chi connectivity index (χ2n) is 6.35. The third-order valence-electron chi connectivity index (χ3n) is 4.06. The Hall–Kier alpha value is -3.04. The van der Waals surface area contributed by atoms with Gasteiger partial charge < -0.3 is 5.32 Å². The fourth-order valence-corrected chi connectivity index (χ4v) is 4.05. The van der Waals surface area contributed by atoms with Gasteiger partial charge in [-0.15, -0.1) is 0 Å². The van der Waals surface area contributed by atoms with Crippen molar-refractivity contribution in [1.82, 2.24) is 10.3 Å². The van der Waals surface area contributed by atoms with Crippen LogP contribution >= 0.6 is 11.3 Å². The van der Waals surface area contributed by atoms with Crippen LogP contribution < -0.4 is 10.6 Å². The molecule has 3 aromatic rings. The first-order valence-electron chi connectivity index (χ1n) is 8.65. The van der Waals surface area contributed by atoms with Crippen LogP contribution in [0.1, 0.15) is 31.3 Å². The molecule has 29 heavy (non-hydrogen) atoms. The van der Waals surface area contributed by atoms with Crippen molar-refractivity contribution in [3.63, 3.8) is 0 Å². The van der Waals surface area contributed by atoms with E-state index in [1.54, 1.807) is 6.92 Å². The average Bonchev–Trinajstić information content (AvgIpc) is 3.06. The third-order valence-corrected chi connectivity index (χ3v) is 6.26. The molecule has 1 heterocycles. The van der Waals surface area contributed by atoms with Gasteiger partial charge in [0.25, 0.3) is 11.8 Å². The number of rotatable bonds is 6. The van der Waals surface area contributed by atoms with E-state index in [0.29, 0.717) is 27.8 Å². The van der Waals surface area contributed by atoms with Gasteiger partial charge in [0.2, 0.25) is 0 Å². The summed E-state index contributed by atoms with van der Waals surface area (Å²) in [6, 6.07) is 15.1. The maximum atomic E-state index is 12.4. The molecule has 7 nitrogen and oxygen atoms in total. The zero-order valence-electron chi connectivity index (χ0n) is 15.8. The van der Waals surface area contributed by atoms with Crippen LogP contribution in [0.2, 0.25) is 0 Å². The molecule has 2 N–H and O–H groups in total. The zero-order chi connectivity index (χ0) is 21.0. The highest BCUT2D eigenvalue weighted by Crippen LogP contribution is 2.23. The summed E-state index contributed by atoms with van der Waals surface area (Å²) in [6.45, 7) is 2.09. The molecule has 3 rings (SSSR count). The lowest BCUT2D eigenvalue weighted by Crippen LogP contribution is -2.22. The normalized spacial score (nSPS) is 11.1. The fraction of sp³-hybridized carbons (Fsp3) is 0.150. The van der Waals surface area contributed by atoms with Crippen LogP contribution in [0.15, 0.2) is 59.5 Å². The number of amides is 2. The van der Waals surface area contributed by atoms with Crippen molar-refractivity contribution in [2.24, 2.45) is 0 Å². The van der Waals surface area contributed by atoms with E-state index in [0.717, 1.165) is 23.2 Å². The summed E-state index contributed by atoms with van der Waals surface area (Å²) >= 11 is 1.08. The Balaban J connectivity index is 1.66. The molecule has 2 amide bonds. The van der Waals surface area contributed by atoms with Gasteiger partial charge in [-0.25, -0.2) is 13.4 Å². The van der Waals surface area contributed by atoms with Gasteiger partial charge in [-0.2, -0.15) is 0 Å². The van der Waals surface area contributed by atoms with Crippen LogP contribution in [-0.2, 0) is 16.4 Å². The Labute approximate surface area is 172 Å². The van der Waals surface area contributed by atoms with Gasteiger partial charge in [0.1, 0.15) is 4.88 Å². The number of anilines is 1. The van der Waals surface area contributed by atoms with E-state index in [2.05, 4.69) is 15.6 Å². The Kier molecular flexibility index (Phi) is 6.09. The van der Waals surface area contributed by atoms with Crippen LogP contribution in [-0.4, -0.2) is 31.5 Å². The minimum Gasteiger partial charge on any atom is -0.347 e. The van der Waals surface area contributed by atoms with Crippen LogP contribution in [0.5, 0.6) is 0 Å². The highest BCUT2D eigenvalue weighted by molar-refractivity contribution is 7.90. The van der Waals surface area contributed by atoms with Gasteiger partial charge in [-0.05, 0) is 36.8 Å². The van der Waals surface area contributed by atoms with Crippen molar-refractivity contribution < 1.29 is 18.0 Å². The second kappa shape index (κ2) is 8.54. The number of nitrogens with zero attached hydrogens (tertiary/aromatic N) is 1. The molecule has 150 valence electrons. The van der Waals surface area contributed by atoms with E-state index in [1.807, 2.05) is 30.3 Å². The maximum Gasteiger partial charge on any atom is 0.263 e. The van der Waals surface area contributed by atoms with E-state index >= 15 is 0 Å². The summed E-state index contributed by atoms with van der Waals surface area (Å²) in [7, 11) is -3.33. The summed E-state index contributed by atoms with van der Waals surface area (Å²) < 4.78 is 23.0. The smallest absolute Gasteiger partial charge is 0.263 e. The Morgan fingerprint density at radius 2 is 1.66 bits per heavy atom. The molecule has 0 radical (unpaired) electrons. The van der Waals surface area contributed by atoms with E-state index < -0.39 is 15.7 Å². The lowest BCUT2D eigenvalue weighted by Gasteiger charge is -2.04. The van der Waals surface area contributed by atoms with Crippen molar-refractivity contribution in [3.05, 3.63) is 76.3 Å². The number of carbonyl (C=O) groups excluding carboxylic acids is 2. The molecule has 0 aliphatic rings. The molecule has 1 aromatic heterocycles. The molecule has 0 saturated heterocycles. The summed E-state index contributed by atoms with van der Waals surface area (Å²) in [4.78, 5) is 29.6. The standard InChI is InChI=1S/C20H19N3O4S2/c1-13-17(19(25)21-12-14-6-4-3-5-7-14)28-20(22-13)23-18(24)15-8-10-16(11-9-15)29(2,26)27/h3-11H,12H2,1-2H3,(H,21,25)(H,22,23,24).